The molecule has 0 saturated carbocycles. The molecule has 1 fully saturated rings. The molecule has 1 N–H and O–H groups in total. The molecule has 1 atom stereocenters. The van der Waals surface area contributed by atoms with E-state index in [0.717, 1.165) is 16.3 Å². The Morgan fingerprint density at radius 1 is 0.943 bits per heavy atom. The van der Waals surface area contributed by atoms with Crippen molar-refractivity contribution in [3.05, 3.63) is 112 Å². The summed E-state index contributed by atoms with van der Waals surface area (Å²) >= 11 is 6.37. The fraction of sp³-hybridized carbons (Fsp3) is 0.103. The number of aliphatic hydroxyl groups excluding tert-OH is 1. The van der Waals surface area contributed by atoms with Crippen LogP contribution in [-0.2, 0) is 9.59 Å². The van der Waals surface area contributed by atoms with E-state index in [2.05, 4.69) is 0 Å². The number of hydrogen-bond donors (Lipinski definition) is 1. The van der Waals surface area contributed by atoms with Crippen LogP contribution in [-0.4, -0.2) is 23.9 Å². The topological polar surface area (TPSA) is 66.8 Å². The molecule has 0 aliphatic carbocycles. The number of carbonyl (C=O) groups is 2. The standard InChI is InChI=1S/C29H22ClNO4/c1-17-13-14-20(16-24(17)30)31-26(19-9-5-10-21(15-19)35-2)25(28(33)29(31)34)27(32)23-12-6-8-18-7-3-4-11-22(18)23/h3-16,26,32H,1-2H3/b27-25-. The molecule has 4 aromatic rings. The molecule has 5 rings (SSSR count). The highest BCUT2D eigenvalue weighted by Crippen LogP contribution is 2.44. The summed E-state index contributed by atoms with van der Waals surface area (Å²) in [7, 11) is 1.55. The van der Waals surface area contributed by atoms with Gasteiger partial charge in [-0.2, -0.15) is 0 Å². The zero-order valence-electron chi connectivity index (χ0n) is 19.2. The smallest absolute Gasteiger partial charge is 0.300 e. The van der Waals surface area contributed by atoms with Crippen molar-refractivity contribution in [1.29, 1.82) is 0 Å². The molecular weight excluding hydrogens is 462 g/mol. The van der Waals surface area contributed by atoms with Gasteiger partial charge in [0.05, 0.1) is 18.7 Å². The van der Waals surface area contributed by atoms with E-state index in [9.17, 15) is 14.7 Å². The van der Waals surface area contributed by atoms with Gasteiger partial charge >= 0.3 is 0 Å². The van der Waals surface area contributed by atoms with E-state index in [-0.39, 0.29) is 11.3 Å². The van der Waals surface area contributed by atoms with E-state index >= 15 is 0 Å². The average Bonchev–Trinajstić information content (AvgIpc) is 3.15. The van der Waals surface area contributed by atoms with Gasteiger partial charge in [-0.25, -0.2) is 0 Å². The Morgan fingerprint density at radius 3 is 2.46 bits per heavy atom. The summed E-state index contributed by atoms with van der Waals surface area (Å²) < 4.78 is 5.39. The van der Waals surface area contributed by atoms with E-state index in [1.807, 2.05) is 43.3 Å². The molecule has 0 bridgehead atoms. The fourth-order valence-electron chi connectivity index (χ4n) is 4.53. The van der Waals surface area contributed by atoms with Crippen molar-refractivity contribution in [2.75, 3.05) is 12.0 Å². The molecule has 1 aliphatic rings. The van der Waals surface area contributed by atoms with Crippen molar-refractivity contribution in [3.63, 3.8) is 0 Å². The highest BCUT2D eigenvalue weighted by molar-refractivity contribution is 6.52. The predicted octanol–water partition coefficient (Wildman–Crippen LogP) is 6.44. The first-order valence-corrected chi connectivity index (χ1v) is 11.5. The summed E-state index contributed by atoms with van der Waals surface area (Å²) in [6.45, 7) is 1.86. The molecule has 35 heavy (non-hydrogen) atoms. The minimum atomic E-state index is -0.872. The molecule has 1 unspecified atom stereocenters. The predicted molar refractivity (Wildman–Crippen MR) is 138 cm³/mol. The van der Waals surface area contributed by atoms with E-state index in [1.165, 1.54) is 4.90 Å². The van der Waals surface area contributed by atoms with Crippen molar-refractivity contribution in [3.8, 4) is 5.75 Å². The number of carbonyl (C=O) groups excluding carboxylic acids is 2. The summed E-state index contributed by atoms with van der Waals surface area (Å²) in [5.41, 5.74) is 2.43. The van der Waals surface area contributed by atoms with Crippen LogP contribution >= 0.6 is 11.6 Å². The second-order valence-electron chi connectivity index (χ2n) is 8.41. The Hall–Kier alpha value is -4.09. The number of ether oxygens (including phenoxy) is 1. The fourth-order valence-corrected chi connectivity index (χ4v) is 4.71. The van der Waals surface area contributed by atoms with Gasteiger partial charge in [-0.3, -0.25) is 14.5 Å². The van der Waals surface area contributed by atoms with Crippen molar-refractivity contribution in [2.45, 2.75) is 13.0 Å². The summed E-state index contributed by atoms with van der Waals surface area (Å²) in [5, 5.41) is 13.7. The van der Waals surface area contributed by atoms with Crippen LogP contribution < -0.4 is 9.64 Å². The lowest BCUT2D eigenvalue weighted by molar-refractivity contribution is -0.132. The lowest BCUT2D eigenvalue weighted by Gasteiger charge is -2.26. The number of hydrogen-bond acceptors (Lipinski definition) is 4. The van der Waals surface area contributed by atoms with Gasteiger partial charge in [-0.05, 0) is 53.1 Å². The number of aliphatic hydroxyl groups is 1. The number of nitrogens with zero attached hydrogens (tertiary/aromatic N) is 1. The molecule has 5 nitrogen and oxygen atoms in total. The molecular formula is C29H22ClNO4. The average molecular weight is 484 g/mol. The van der Waals surface area contributed by atoms with Crippen LogP contribution in [0.3, 0.4) is 0 Å². The highest BCUT2D eigenvalue weighted by atomic mass is 35.5. The Kier molecular flexibility index (Phi) is 5.79. The quantitative estimate of drug-likeness (QED) is 0.206. The minimum absolute atomic E-state index is 0.0105. The molecule has 1 heterocycles. The summed E-state index contributed by atoms with van der Waals surface area (Å²) in [5.74, 6) is -1.16. The lowest BCUT2D eigenvalue weighted by atomic mass is 9.93. The van der Waals surface area contributed by atoms with Gasteiger partial charge in [-0.15, -0.1) is 0 Å². The first-order chi connectivity index (χ1) is 16.9. The van der Waals surface area contributed by atoms with Gasteiger partial charge < -0.3 is 9.84 Å². The third-order valence-electron chi connectivity index (χ3n) is 6.33. The number of benzene rings is 4. The summed E-state index contributed by atoms with van der Waals surface area (Å²) in [6.07, 6.45) is 0. The molecule has 0 aromatic heterocycles. The number of Topliss-reactive ketones (excluding diaryl/α,β-unsaturated/α-hetero) is 1. The number of ketones is 1. The number of rotatable bonds is 4. The van der Waals surface area contributed by atoms with Crippen molar-refractivity contribution >= 4 is 45.5 Å². The first kappa shape index (κ1) is 22.7. The van der Waals surface area contributed by atoms with Gasteiger partial charge in [0, 0.05) is 16.3 Å². The van der Waals surface area contributed by atoms with Gasteiger partial charge in [0.15, 0.2) is 0 Å². The van der Waals surface area contributed by atoms with Gasteiger partial charge in [-0.1, -0.05) is 72.3 Å². The minimum Gasteiger partial charge on any atom is -0.507 e. The molecule has 4 aromatic carbocycles. The van der Waals surface area contributed by atoms with Crippen LogP contribution in [0.2, 0.25) is 5.02 Å². The largest absolute Gasteiger partial charge is 0.507 e. The Balaban J connectivity index is 1.79. The number of amides is 1. The van der Waals surface area contributed by atoms with Crippen LogP contribution in [0.4, 0.5) is 5.69 Å². The van der Waals surface area contributed by atoms with E-state index < -0.39 is 17.7 Å². The second-order valence-corrected chi connectivity index (χ2v) is 8.81. The maximum absolute atomic E-state index is 13.5. The van der Waals surface area contributed by atoms with E-state index in [1.54, 1.807) is 55.6 Å². The van der Waals surface area contributed by atoms with E-state index in [0.29, 0.717) is 27.6 Å². The lowest BCUT2D eigenvalue weighted by Crippen LogP contribution is -2.29. The second kappa shape index (κ2) is 8.93. The molecule has 1 amide bonds. The molecule has 6 heteroatoms. The maximum atomic E-state index is 13.5. The number of anilines is 1. The number of aryl methyl sites for hydroxylation is 1. The summed E-state index contributed by atoms with van der Waals surface area (Å²) in [6, 6.07) is 24.5. The third-order valence-corrected chi connectivity index (χ3v) is 6.74. The normalized spacial score (nSPS) is 17.2. The van der Waals surface area contributed by atoms with Crippen molar-refractivity contribution in [2.24, 2.45) is 0 Å². The van der Waals surface area contributed by atoms with Crippen LogP contribution in [0.15, 0.2) is 90.5 Å². The van der Waals surface area contributed by atoms with Gasteiger partial charge in [0.2, 0.25) is 0 Å². The molecule has 1 saturated heterocycles. The SMILES string of the molecule is COc1cccc(C2/C(=C(/O)c3cccc4ccccc34)C(=O)C(=O)N2c2ccc(C)c(Cl)c2)c1. The Labute approximate surface area is 207 Å². The monoisotopic (exact) mass is 483 g/mol. The Bertz CT molecular complexity index is 1520. The van der Waals surface area contributed by atoms with Crippen LogP contribution in [0.5, 0.6) is 5.75 Å². The zero-order valence-corrected chi connectivity index (χ0v) is 19.9. The number of methoxy groups -OCH3 is 1. The zero-order chi connectivity index (χ0) is 24.7. The molecule has 174 valence electrons. The molecule has 1 aliphatic heterocycles. The Morgan fingerprint density at radius 2 is 1.69 bits per heavy atom. The van der Waals surface area contributed by atoms with Gasteiger partial charge in [0.25, 0.3) is 11.7 Å². The van der Waals surface area contributed by atoms with Crippen LogP contribution in [0, 0.1) is 6.92 Å². The first-order valence-electron chi connectivity index (χ1n) is 11.1. The molecule has 0 spiro atoms. The third kappa shape index (κ3) is 3.84. The maximum Gasteiger partial charge on any atom is 0.300 e. The van der Waals surface area contributed by atoms with E-state index in [4.69, 9.17) is 16.3 Å². The van der Waals surface area contributed by atoms with Crippen molar-refractivity contribution in [1.82, 2.24) is 0 Å². The number of halogens is 1. The van der Waals surface area contributed by atoms with Crippen molar-refractivity contribution < 1.29 is 19.4 Å². The number of fused-ring (bicyclic) bond motifs is 1. The van der Waals surface area contributed by atoms with Gasteiger partial charge in [0.1, 0.15) is 11.5 Å². The summed E-state index contributed by atoms with van der Waals surface area (Å²) in [4.78, 5) is 28.3. The highest BCUT2D eigenvalue weighted by Gasteiger charge is 2.47. The van der Waals surface area contributed by atoms with Crippen LogP contribution in [0.1, 0.15) is 22.7 Å². The van der Waals surface area contributed by atoms with Crippen LogP contribution in [0.25, 0.3) is 16.5 Å². The molecule has 0 radical (unpaired) electrons.